The number of aromatic nitrogens is 2. The third kappa shape index (κ3) is 2.34. The van der Waals surface area contributed by atoms with Gasteiger partial charge in [-0.3, -0.25) is 0 Å². The van der Waals surface area contributed by atoms with Crippen molar-refractivity contribution in [2.24, 2.45) is 0 Å². The fourth-order valence-electron chi connectivity index (χ4n) is 2.39. The molecule has 0 fully saturated rings. The molecular weight excluding hydrogens is 312 g/mol. The lowest BCUT2D eigenvalue weighted by Gasteiger charge is -2.10. The van der Waals surface area contributed by atoms with Crippen molar-refractivity contribution in [3.05, 3.63) is 46.2 Å². The molecule has 0 aliphatic rings. The molecule has 0 bridgehead atoms. The highest BCUT2D eigenvalue weighted by molar-refractivity contribution is 6.37. The molecule has 0 unspecified atom stereocenters. The van der Waals surface area contributed by atoms with Crippen molar-refractivity contribution in [1.29, 1.82) is 0 Å². The Morgan fingerprint density at radius 1 is 1.24 bits per heavy atom. The minimum atomic E-state index is -0.305. The van der Waals surface area contributed by atoms with E-state index in [0.717, 1.165) is 0 Å². The number of fused-ring (bicyclic) bond motifs is 1. The summed E-state index contributed by atoms with van der Waals surface area (Å²) in [4.78, 5) is 4.54. The van der Waals surface area contributed by atoms with Crippen LogP contribution < -0.4 is 5.73 Å². The van der Waals surface area contributed by atoms with Crippen molar-refractivity contribution in [3.63, 3.8) is 0 Å². The summed E-state index contributed by atoms with van der Waals surface area (Å²) in [7, 11) is 0. The molecule has 21 heavy (non-hydrogen) atoms. The third-order valence-electron chi connectivity index (χ3n) is 3.36. The fourth-order valence-corrected chi connectivity index (χ4v) is 2.88. The first kappa shape index (κ1) is 14.2. The number of nitrogens with two attached hydrogens (primary N) is 1. The van der Waals surface area contributed by atoms with Crippen molar-refractivity contribution in [3.8, 4) is 11.4 Å². The van der Waals surface area contributed by atoms with Crippen LogP contribution in [0.3, 0.4) is 0 Å². The van der Waals surface area contributed by atoms with E-state index in [0.29, 0.717) is 44.7 Å². The average molecular weight is 324 g/mol. The van der Waals surface area contributed by atoms with E-state index in [1.165, 1.54) is 12.1 Å². The summed E-state index contributed by atoms with van der Waals surface area (Å²) in [5.74, 6) is 0.320. The Morgan fingerprint density at radius 2 is 2.00 bits per heavy atom. The van der Waals surface area contributed by atoms with Gasteiger partial charge in [0.2, 0.25) is 0 Å². The van der Waals surface area contributed by atoms with Crippen molar-refractivity contribution in [1.82, 2.24) is 9.55 Å². The molecular formula is C15H12Cl2FN3. The van der Waals surface area contributed by atoms with Crippen LogP contribution in [0.1, 0.15) is 6.92 Å². The highest BCUT2D eigenvalue weighted by Crippen LogP contribution is 2.35. The first-order valence-corrected chi connectivity index (χ1v) is 7.17. The van der Waals surface area contributed by atoms with Crippen LogP contribution >= 0.6 is 23.2 Å². The standard InChI is InChI=1S/C15H12Cl2FN3/c1-2-21-13-7-9(18)3-4-12(13)20-15(21)10-5-8(16)6-11(17)14(10)19/h3-7H,2,19H2,1H3. The first-order chi connectivity index (χ1) is 10.0. The van der Waals surface area contributed by atoms with Gasteiger partial charge in [0.15, 0.2) is 0 Å². The Labute approximate surface area is 131 Å². The molecule has 3 rings (SSSR count). The number of nitrogen functional groups attached to an aromatic ring is 1. The van der Waals surface area contributed by atoms with E-state index in [1.807, 2.05) is 11.5 Å². The molecule has 1 heterocycles. The van der Waals surface area contributed by atoms with Crippen LogP contribution in [-0.2, 0) is 6.54 Å². The van der Waals surface area contributed by atoms with E-state index >= 15 is 0 Å². The monoisotopic (exact) mass is 323 g/mol. The lowest BCUT2D eigenvalue weighted by Crippen LogP contribution is -2.00. The molecule has 0 atom stereocenters. The molecule has 2 N–H and O–H groups in total. The van der Waals surface area contributed by atoms with E-state index in [9.17, 15) is 4.39 Å². The van der Waals surface area contributed by atoms with Gasteiger partial charge in [-0.25, -0.2) is 9.37 Å². The number of nitrogens with zero attached hydrogens (tertiary/aromatic N) is 2. The maximum Gasteiger partial charge on any atom is 0.143 e. The van der Waals surface area contributed by atoms with Gasteiger partial charge in [-0.2, -0.15) is 0 Å². The number of benzene rings is 2. The molecule has 1 aromatic heterocycles. The van der Waals surface area contributed by atoms with Gasteiger partial charge in [0.25, 0.3) is 0 Å². The van der Waals surface area contributed by atoms with Crippen LogP contribution in [-0.4, -0.2) is 9.55 Å². The summed E-state index contributed by atoms with van der Waals surface area (Å²) in [5, 5.41) is 0.850. The molecule has 0 saturated heterocycles. The zero-order valence-electron chi connectivity index (χ0n) is 11.2. The summed E-state index contributed by atoms with van der Waals surface area (Å²) in [6.07, 6.45) is 0. The molecule has 0 spiro atoms. The van der Waals surface area contributed by atoms with Crippen LogP contribution in [0.4, 0.5) is 10.1 Å². The van der Waals surface area contributed by atoms with Crippen LogP contribution in [0.5, 0.6) is 0 Å². The predicted molar refractivity (Wildman–Crippen MR) is 85.2 cm³/mol. The van der Waals surface area contributed by atoms with E-state index in [-0.39, 0.29) is 5.82 Å². The van der Waals surface area contributed by atoms with Crippen molar-refractivity contribution in [2.45, 2.75) is 13.5 Å². The quantitative estimate of drug-likeness (QED) is 0.691. The highest BCUT2D eigenvalue weighted by atomic mass is 35.5. The number of rotatable bonds is 2. The van der Waals surface area contributed by atoms with Crippen LogP contribution in [0, 0.1) is 5.82 Å². The Kier molecular flexibility index (Phi) is 3.51. The summed E-state index contributed by atoms with van der Waals surface area (Å²) in [6.45, 7) is 2.58. The average Bonchev–Trinajstić information content (AvgIpc) is 2.80. The van der Waals surface area contributed by atoms with Gasteiger partial charge >= 0.3 is 0 Å². The molecule has 2 aromatic carbocycles. The summed E-state index contributed by atoms with van der Waals surface area (Å²) >= 11 is 12.1. The van der Waals surface area contributed by atoms with Gasteiger partial charge in [-0.15, -0.1) is 0 Å². The topological polar surface area (TPSA) is 43.8 Å². The maximum absolute atomic E-state index is 13.5. The summed E-state index contributed by atoms with van der Waals surface area (Å²) < 4.78 is 15.3. The molecule has 108 valence electrons. The Hall–Kier alpha value is -1.78. The number of hydrogen-bond acceptors (Lipinski definition) is 2. The summed E-state index contributed by atoms with van der Waals surface area (Å²) in [6, 6.07) is 7.78. The number of hydrogen-bond donors (Lipinski definition) is 1. The zero-order valence-corrected chi connectivity index (χ0v) is 12.7. The normalized spacial score (nSPS) is 11.2. The molecule has 6 heteroatoms. The smallest absolute Gasteiger partial charge is 0.143 e. The van der Waals surface area contributed by atoms with Gasteiger partial charge in [-0.05, 0) is 37.3 Å². The van der Waals surface area contributed by atoms with Crippen LogP contribution in [0.2, 0.25) is 10.0 Å². The van der Waals surface area contributed by atoms with Gasteiger partial charge in [0.1, 0.15) is 11.6 Å². The molecule has 0 amide bonds. The Bertz CT molecular complexity index is 843. The number of anilines is 1. The maximum atomic E-state index is 13.5. The Balaban J connectivity index is 2.35. The minimum absolute atomic E-state index is 0.305. The second-order valence-corrected chi connectivity index (χ2v) is 5.51. The lowest BCUT2D eigenvalue weighted by atomic mass is 10.1. The first-order valence-electron chi connectivity index (χ1n) is 6.42. The molecule has 0 saturated carbocycles. The third-order valence-corrected chi connectivity index (χ3v) is 3.89. The number of imidazole rings is 1. The van der Waals surface area contributed by atoms with Gasteiger partial charge in [-0.1, -0.05) is 23.2 Å². The van der Waals surface area contributed by atoms with Gasteiger partial charge in [0.05, 0.1) is 21.7 Å². The highest BCUT2D eigenvalue weighted by Gasteiger charge is 2.16. The van der Waals surface area contributed by atoms with E-state index in [2.05, 4.69) is 4.98 Å². The second kappa shape index (κ2) is 5.20. The zero-order chi connectivity index (χ0) is 15.1. The summed E-state index contributed by atoms with van der Waals surface area (Å²) in [5.41, 5.74) is 8.50. The SMILES string of the molecule is CCn1c(-c2cc(Cl)cc(Cl)c2N)nc2ccc(F)cc21. The van der Waals surface area contributed by atoms with Crippen LogP contribution in [0.25, 0.3) is 22.4 Å². The largest absolute Gasteiger partial charge is 0.397 e. The van der Waals surface area contributed by atoms with E-state index in [1.54, 1.807) is 18.2 Å². The van der Waals surface area contributed by atoms with Crippen LogP contribution in [0.15, 0.2) is 30.3 Å². The van der Waals surface area contributed by atoms with Crippen molar-refractivity contribution >= 4 is 39.9 Å². The lowest BCUT2D eigenvalue weighted by molar-refractivity contribution is 0.628. The number of aryl methyl sites for hydroxylation is 1. The fraction of sp³-hybridized carbons (Fsp3) is 0.133. The van der Waals surface area contributed by atoms with E-state index < -0.39 is 0 Å². The minimum Gasteiger partial charge on any atom is -0.397 e. The van der Waals surface area contributed by atoms with E-state index in [4.69, 9.17) is 28.9 Å². The predicted octanol–water partition coefficient (Wildman–Crippen LogP) is 4.75. The van der Waals surface area contributed by atoms with Crippen molar-refractivity contribution < 1.29 is 4.39 Å². The Morgan fingerprint density at radius 3 is 2.71 bits per heavy atom. The molecule has 0 radical (unpaired) electrons. The molecule has 0 aliphatic carbocycles. The van der Waals surface area contributed by atoms with Gasteiger partial charge < -0.3 is 10.3 Å². The molecule has 3 aromatic rings. The second-order valence-electron chi connectivity index (χ2n) is 4.66. The molecule has 3 nitrogen and oxygen atoms in total. The van der Waals surface area contributed by atoms with Gasteiger partial charge in [0, 0.05) is 17.1 Å². The van der Waals surface area contributed by atoms with Crippen molar-refractivity contribution in [2.75, 3.05) is 5.73 Å². The molecule has 0 aliphatic heterocycles. The number of halogens is 3.